The topological polar surface area (TPSA) is 105 Å². The van der Waals surface area contributed by atoms with Crippen molar-refractivity contribution in [3.05, 3.63) is 46.3 Å². The number of rotatable bonds is 3. The minimum absolute atomic E-state index is 0.161. The Labute approximate surface area is 162 Å². The van der Waals surface area contributed by atoms with Crippen molar-refractivity contribution >= 4 is 38.5 Å². The van der Waals surface area contributed by atoms with Crippen molar-refractivity contribution in [2.24, 2.45) is 0 Å². The summed E-state index contributed by atoms with van der Waals surface area (Å²) in [6, 6.07) is 4.63. The lowest BCUT2D eigenvalue weighted by Gasteiger charge is -2.06. The van der Waals surface area contributed by atoms with Gasteiger partial charge in [-0.15, -0.1) is 0 Å². The fourth-order valence-corrected chi connectivity index (χ4v) is 4.61. The Morgan fingerprint density at radius 3 is 2.68 bits per heavy atom. The Hall–Kier alpha value is -2.87. The molecule has 0 spiro atoms. The van der Waals surface area contributed by atoms with Gasteiger partial charge in [-0.2, -0.15) is 0 Å². The molecule has 0 saturated carbocycles. The van der Waals surface area contributed by atoms with Gasteiger partial charge < -0.3 is 15.0 Å². The number of hydrogen-bond donors (Lipinski definition) is 2. The van der Waals surface area contributed by atoms with E-state index in [1.165, 1.54) is 12.1 Å². The highest BCUT2D eigenvalue weighted by atomic mass is 32.2. The number of H-pyrrole nitrogens is 1. The third kappa shape index (κ3) is 2.75. The summed E-state index contributed by atoms with van der Waals surface area (Å²) in [4.78, 5) is 28.4. The third-order valence-corrected chi connectivity index (χ3v) is 6.27. The number of esters is 1. The lowest BCUT2D eigenvalue weighted by molar-refractivity contribution is -0.110. The Morgan fingerprint density at radius 1 is 1.25 bits per heavy atom. The number of ether oxygens (including phenoxy) is 1. The number of anilines is 1. The van der Waals surface area contributed by atoms with Gasteiger partial charge in [0.05, 0.1) is 22.6 Å². The van der Waals surface area contributed by atoms with Gasteiger partial charge in [0.25, 0.3) is 5.91 Å². The minimum atomic E-state index is -3.40. The lowest BCUT2D eigenvalue weighted by atomic mass is 9.99. The number of nitrogens with one attached hydrogen (secondary N) is 2. The van der Waals surface area contributed by atoms with Gasteiger partial charge in [0, 0.05) is 28.9 Å². The molecule has 1 amide bonds. The van der Waals surface area contributed by atoms with Gasteiger partial charge >= 0.3 is 5.97 Å². The number of fused-ring (bicyclic) bond motifs is 2. The quantitative estimate of drug-likeness (QED) is 0.609. The average Bonchev–Trinajstić information content (AvgIpc) is 3.23. The first kappa shape index (κ1) is 18.5. The Balaban J connectivity index is 1.90. The molecule has 0 unspecified atom stereocenters. The van der Waals surface area contributed by atoms with Crippen molar-refractivity contribution in [3.63, 3.8) is 0 Å². The van der Waals surface area contributed by atoms with E-state index in [1.807, 2.05) is 0 Å². The summed E-state index contributed by atoms with van der Waals surface area (Å²) < 4.78 is 29.1. The Morgan fingerprint density at radius 2 is 2.00 bits per heavy atom. The monoisotopic (exact) mass is 400 g/mol. The Kier molecular flexibility index (Phi) is 4.19. The van der Waals surface area contributed by atoms with E-state index in [9.17, 15) is 18.0 Å². The smallest absolute Gasteiger partial charge is 0.340 e. The van der Waals surface area contributed by atoms with E-state index >= 15 is 0 Å². The number of aromatic amines is 1. The predicted octanol–water partition coefficient (Wildman–Crippen LogP) is 2.71. The number of carbonyl (C=O) groups is 2. The first-order valence-electron chi connectivity index (χ1n) is 9.00. The van der Waals surface area contributed by atoms with Gasteiger partial charge in [-0.05, 0) is 56.0 Å². The molecule has 0 radical (unpaired) electrons. The summed E-state index contributed by atoms with van der Waals surface area (Å²) >= 11 is 0. The summed E-state index contributed by atoms with van der Waals surface area (Å²) in [7, 11) is -3.40. The molecule has 0 atom stereocenters. The van der Waals surface area contributed by atoms with Crippen LogP contribution in [0.5, 0.6) is 0 Å². The summed E-state index contributed by atoms with van der Waals surface area (Å²) in [6.07, 6.45) is 2.33. The normalized spacial score (nSPS) is 18.0. The molecule has 1 aliphatic carbocycles. The first-order chi connectivity index (χ1) is 13.2. The molecular weight excluding hydrogens is 380 g/mol. The number of aromatic nitrogens is 1. The van der Waals surface area contributed by atoms with Crippen LogP contribution < -0.4 is 5.32 Å². The number of aryl methyl sites for hydroxylation is 1. The molecule has 2 aliphatic rings. The van der Waals surface area contributed by atoms with Crippen LogP contribution in [0.4, 0.5) is 5.69 Å². The number of carbonyl (C=O) groups excluding carboxylic acids is 2. The molecule has 1 aromatic heterocycles. The zero-order valence-electron chi connectivity index (χ0n) is 15.8. The van der Waals surface area contributed by atoms with E-state index in [0.29, 0.717) is 40.9 Å². The second-order valence-corrected chi connectivity index (χ2v) is 9.00. The largest absolute Gasteiger partial charge is 0.462 e. The van der Waals surface area contributed by atoms with Gasteiger partial charge in [0.1, 0.15) is 0 Å². The summed E-state index contributed by atoms with van der Waals surface area (Å²) in [5, 5.41) is 2.80. The van der Waals surface area contributed by atoms with E-state index in [2.05, 4.69) is 10.3 Å². The molecule has 28 heavy (non-hydrogen) atoms. The maximum absolute atomic E-state index is 12.7. The zero-order valence-corrected chi connectivity index (χ0v) is 16.6. The number of benzene rings is 1. The molecule has 0 saturated heterocycles. The molecule has 2 N–H and O–H groups in total. The van der Waals surface area contributed by atoms with Crippen molar-refractivity contribution in [2.75, 3.05) is 18.2 Å². The Bertz CT molecular complexity index is 1170. The van der Waals surface area contributed by atoms with Crippen LogP contribution >= 0.6 is 0 Å². The predicted molar refractivity (Wildman–Crippen MR) is 105 cm³/mol. The van der Waals surface area contributed by atoms with E-state index in [4.69, 9.17) is 4.74 Å². The SMILES string of the molecule is CCOC(=O)c1c(C)[nH]c2c1CC/C2=C1/C(=O)Nc2ccc(S(C)(=O)=O)cc21. The highest BCUT2D eigenvalue weighted by Gasteiger charge is 2.35. The van der Waals surface area contributed by atoms with Crippen LogP contribution in [0.1, 0.15) is 46.2 Å². The van der Waals surface area contributed by atoms with Crippen molar-refractivity contribution in [1.29, 1.82) is 0 Å². The highest BCUT2D eigenvalue weighted by molar-refractivity contribution is 7.90. The number of allylic oxidation sites excluding steroid dienone is 1. The highest BCUT2D eigenvalue weighted by Crippen LogP contribution is 2.44. The second-order valence-electron chi connectivity index (χ2n) is 6.99. The summed E-state index contributed by atoms with van der Waals surface area (Å²) in [6.45, 7) is 3.85. The van der Waals surface area contributed by atoms with Crippen LogP contribution in [-0.4, -0.2) is 38.1 Å². The van der Waals surface area contributed by atoms with Crippen molar-refractivity contribution in [3.8, 4) is 0 Å². The molecule has 0 bridgehead atoms. The number of amides is 1. The average molecular weight is 400 g/mol. The van der Waals surface area contributed by atoms with Gasteiger partial charge in [-0.3, -0.25) is 4.79 Å². The summed E-state index contributed by atoms with van der Waals surface area (Å²) in [5.74, 6) is -0.646. The van der Waals surface area contributed by atoms with E-state index in [-0.39, 0.29) is 23.4 Å². The number of sulfone groups is 1. The van der Waals surface area contributed by atoms with Gasteiger partial charge in [-0.25, -0.2) is 13.2 Å². The van der Waals surface area contributed by atoms with Crippen molar-refractivity contribution in [1.82, 2.24) is 4.98 Å². The van der Waals surface area contributed by atoms with Crippen LogP contribution in [0.2, 0.25) is 0 Å². The van der Waals surface area contributed by atoms with Crippen molar-refractivity contribution < 1.29 is 22.7 Å². The molecule has 146 valence electrons. The third-order valence-electron chi connectivity index (χ3n) is 5.16. The van der Waals surface area contributed by atoms with E-state index in [1.54, 1.807) is 19.9 Å². The molecule has 2 aromatic rings. The fourth-order valence-electron chi connectivity index (χ4n) is 3.97. The molecule has 0 fully saturated rings. The van der Waals surface area contributed by atoms with Gasteiger partial charge in [0.15, 0.2) is 9.84 Å². The molecule has 2 heterocycles. The van der Waals surface area contributed by atoms with Crippen LogP contribution in [0.3, 0.4) is 0 Å². The van der Waals surface area contributed by atoms with Crippen molar-refractivity contribution in [2.45, 2.75) is 31.6 Å². The zero-order chi connectivity index (χ0) is 20.2. The fraction of sp³-hybridized carbons (Fsp3) is 0.300. The maximum atomic E-state index is 12.7. The molecule has 7 nitrogen and oxygen atoms in total. The van der Waals surface area contributed by atoms with Crippen LogP contribution in [-0.2, 0) is 25.8 Å². The maximum Gasteiger partial charge on any atom is 0.340 e. The minimum Gasteiger partial charge on any atom is -0.462 e. The van der Waals surface area contributed by atoms with Gasteiger partial charge in [0.2, 0.25) is 0 Å². The van der Waals surface area contributed by atoms with Gasteiger partial charge in [-0.1, -0.05) is 0 Å². The standard InChI is InChI=1S/C20H20N2O5S/c1-4-27-20(24)16-10(2)21-18-12(16)6-7-13(18)17-14-9-11(28(3,25)26)5-8-15(14)22-19(17)23/h5,8-9,21H,4,6-7H2,1-3H3,(H,22,23)/b17-13-. The number of hydrogen-bond acceptors (Lipinski definition) is 5. The first-order valence-corrected chi connectivity index (χ1v) is 10.9. The van der Waals surface area contributed by atoms with Crippen LogP contribution in [0, 0.1) is 6.92 Å². The second kappa shape index (κ2) is 6.34. The molecular formula is C20H20N2O5S. The molecule has 1 aliphatic heterocycles. The van der Waals surface area contributed by atoms with Crippen LogP contribution in [0.25, 0.3) is 11.1 Å². The molecule has 1 aromatic carbocycles. The molecule has 8 heteroatoms. The van der Waals surface area contributed by atoms with E-state index < -0.39 is 9.84 Å². The molecule has 4 rings (SSSR count). The van der Waals surface area contributed by atoms with Crippen LogP contribution in [0.15, 0.2) is 23.1 Å². The summed E-state index contributed by atoms with van der Waals surface area (Å²) in [5.41, 5.74) is 5.22. The lowest BCUT2D eigenvalue weighted by Crippen LogP contribution is -2.07. The van der Waals surface area contributed by atoms with E-state index in [0.717, 1.165) is 23.1 Å².